The largest absolute Gasteiger partial charge is 0.399 e. The third-order valence-electron chi connectivity index (χ3n) is 2.50. The van der Waals surface area contributed by atoms with Crippen LogP contribution in [0.4, 0.5) is 5.69 Å². The van der Waals surface area contributed by atoms with Crippen molar-refractivity contribution in [1.29, 1.82) is 0 Å². The third kappa shape index (κ3) is 7.77. The summed E-state index contributed by atoms with van der Waals surface area (Å²) in [5, 5.41) is 5.50. The summed E-state index contributed by atoms with van der Waals surface area (Å²) in [6.45, 7) is 6.05. The minimum Gasteiger partial charge on any atom is -0.399 e. The maximum absolute atomic E-state index is 11.6. The van der Waals surface area contributed by atoms with Crippen molar-refractivity contribution in [2.45, 2.75) is 32.7 Å². The maximum Gasteiger partial charge on any atom is 0.244 e. The molecule has 2 amide bonds. The van der Waals surface area contributed by atoms with Crippen LogP contribution in [-0.4, -0.2) is 23.9 Å². The molecule has 1 aromatic rings. The van der Waals surface area contributed by atoms with Gasteiger partial charge in [-0.25, -0.2) is 0 Å². The number of nitrogens with one attached hydrogen (secondary N) is 2. The van der Waals surface area contributed by atoms with Gasteiger partial charge in [0.2, 0.25) is 11.8 Å². The van der Waals surface area contributed by atoms with Gasteiger partial charge in [0.05, 0.1) is 0 Å². The fraction of sp³-hybridized carbons (Fsp3) is 0.375. The van der Waals surface area contributed by atoms with Crippen molar-refractivity contribution in [3.05, 3.63) is 35.9 Å². The minimum atomic E-state index is -0.256. The van der Waals surface area contributed by atoms with Gasteiger partial charge in [-0.1, -0.05) is 12.1 Å². The van der Waals surface area contributed by atoms with Crippen molar-refractivity contribution in [1.82, 2.24) is 10.6 Å². The Balaban J connectivity index is 2.33. The standard InChI is InChI=1S/C16H23N3O2/c1-16(2,3)19-15(21)9-10-18-14(20)8-7-12-5-4-6-13(17)11-12/h4-8,11H,9-10,17H2,1-3H3,(H,18,20)(H,19,21)/b8-7+. The van der Waals surface area contributed by atoms with E-state index >= 15 is 0 Å². The molecule has 0 bridgehead atoms. The van der Waals surface area contributed by atoms with E-state index in [2.05, 4.69) is 10.6 Å². The highest BCUT2D eigenvalue weighted by molar-refractivity contribution is 5.92. The zero-order chi connectivity index (χ0) is 15.9. The van der Waals surface area contributed by atoms with Crippen molar-refractivity contribution >= 4 is 23.6 Å². The summed E-state index contributed by atoms with van der Waals surface area (Å²) in [7, 11) is 0. The molecule has 0 atom stereocenters. The zero-order valence-electron chi connectivity index (χ0n) is 12.8. The molecule has 0 aliphatic rings. The predicted octanol–water partition coefficient (Wildman–Crippen LogP) is 1.70. The highest BCUT2D eigenvalue weighted by Gasteiger charge is 2.13. The number of anilines is 1. The second-order valence-electron chi connectivity index (χ2n) is 5.84. The molecular formula is C16H23N3O2. The first-order chi connectivity index (χ1) is 9.76. The monoisotopic (exact) mass is 289 g/mol. The Bertz CT molecular complexity index is 531. The van der Waals surface area contributed by atoms with E-state index in [4.69, 9.17) is 5.73 Å². The maximum atomic E-state index is 11.6. The molecule has 0 aromatic heterocycles. The smallest absolute Gasteiger partial charge is 0.244 e. The number of hydrogen-bond acceptors (Lipinski definition) is 3. The number of nitrogen functional groups attached to an aromatic ring is 1. The number of rotatable bonds is 5. The number of amides is 2. The predicted molar refractivity (Wildman–Crippen MR) is 85.4 cm³/mol. The molecule has 21 heavy (non-hydrogen) atoms. The normalized spacial score (nSPS) is 11.4. The summed E-state index contributed by atoms with van der Waals surface area (Å²) in [6, 6.07) is 7.24. The summed E-state index contributed by atoms with van der Waals surface area (Å²) in [6.07, 6.45) is 3.37. The highest BCUT2D eigenvalue weighted by Crippen LogP contribution is 2.07. The molecule has 0 saturated carbocycles. The molecule has 1 aromatic carbocycles. The lowest BCUT2D eigenvalue weighted by Gasteiger charge is -2.20. The van der Waals surface area contributed by atoms with Crippen molar-refractivity contribution in [3.63, 3.8) is 0 Å². The minimum absolute atomic E-state index is 0.0809. The number of hydrogen-bond donors (Lipinski definition) is 3. The Morgan fingerprint density at radius 1 is 1.29 bits per heavy atom. The first-order valence-corrected chi connectivity index (χ1v) is 6.89. The van der Waals surface area contributed by atoms with Gasteiger partial charge in [0.25, 0.3) is 0 Å². The number of benzene rings is 1. The fourth-order valence-corrected chi connectivity index (χ4v) is 1.67. The van der Waals surface area contributed by atoms with E-state index in [1.807, 2.05) is 32.9 Å². The topological polar surface area (TPSA) is 84.2 Å². The molecule has 5 heteroatoms. The van der Waals surface area contributed by atoms with Crippen LogP contribution in [0.5, 0.6) is 0 Å². The number of carbonyl (C=O) groups is 2. The van der Waals surface area contributed by atoms with Crippen LogP contribution >= 0.6 is 0 Å². The summed E-state index contributed by atoms with van der Waals surface area (Å²) in [5.41, 5.74) is 6.90. The third-order valence-corrected chi connectivity index (χ3v) is 2.50. The van der Waals surface area contributed by atoms with E-state index in [9.17, 15) is 9.59 Å². The molecule has 0 unspecified atom stereocenters. The molecule has 114 valence electrons. The highest BCUT2D eigenvalue weighted by atomic mass is 16.2. The summed E-state index contributed by atoms with van der Waals surface area (Å²) in [5.74, 6) is -0.316. The van der Waals surface area contributed by atoms with Gasteiger partial charge >= 0.3 is 0 Å². The lowest BCUT2D eigenvalue weighted by atomic mass is 10.1. The molecule has 0 fully saturated rings. The van der Waals surface area contributed by atoms with E-state index < -0.39 is 0 Å². The van der Waals surface area contributed by atoms with Crippen molar-refractivity contribution in [2.75, 3.05) is 12.3 Å². The van der Waals surface area contributed by atoms with Gasteiger partial charge in [-0.05, 0) is 44.5 Å². The Morgan fingerprint density at radius 3 is 2.62 bits per heavy atom. The van der Waals surface area contributed by atoms with Gasteiger partial charge in [-0.15, -0.1) is 0 Å². The van der Waals surface area contributed by atoms with E-state index in [0.29, 0.717) is 12.2 Å². The fourth-order valence-electron chi connectivity index (χ4n) is 1.67. The van der Waals surface area contributed by atoms with Gasteiger partial charge < -0.3 is 16.4 Å². The van der Waals surface area contributed by atoms with Crippen LogP contribution in [-0.2, 0) is 9.59 Å². The molecule has 0 aliphatic carbocycles. The average Bonchev–Trinajstić information content (AvgIpc) is 2.34. The Labute approximate surface area is 125 Å². The molecule has 0 spiro atoms. The zero-order valence-corrected chi connectivity index (χ0v) is 12.8. The van der Waals surface area contributed by atoms with Crippen LogP contribution < -0.4 is 16.4 Å². The van der Waals surface area contributed by atoms with E-state index in [-0.39, 0.29) is 23.8 Å². The van der Waals surface area contributed by atoms with E-state index in [0.717, 1.165) is 5.56 Å². The average molecular weight is 289 g/mol. The van der Waals surface area contributed by atoms with Gasteiger partial charge in [-0.2, -0.15) is 0 Å². The van der Waals surface area contributed by atoms with Crippen LogP contribution in [0.15, 0.2) is 30.3 Å². The quantitative estimate of drug-likeness (QED) is 0.570. The number of nitrogens with two attached hydrogens (primary N) is 1. The first-order valence-electron chi connectivity index (χ1n) is 6.89. The molecule has 4 N–H and O–H groups in total. The van der Waals surface area contributed by atoms with E-state index in [1.165, 1.54) is 6.08 Å². The Kier molecular flexibility index (Phi) is 5.96. The van der Waals surface area contributed by atoms with Gasteiger partial charge in [0, 0.05) is 30.3 Å². The molecule has 5 nitrogen and oxygen atoms in total. The molecular weight excluding hydrogens is 266 g/mol. The lowest BCUT2D eigenvalue weighted by Crippen LogP contribution is -2.41. The first kappa shape index (κ1) is 16.8. The van der Waals surface area contributed by atoms with Crippen molar-refractivity contribution in [3.8, 4) is 0 Å². The van der Waals surface area contributed by atoms with Crippen LogP contribution in [0.2, 0.25) is 0 Å². The lowest BCUT2D eigenvalue weighted by molar-refractivity contribution is -0.122. The van der Waals surface area contributed by atoms with Crippen molar-refractivity contribution in [2.24, 2.45) is 0 Å². The Morgan fingerprint density at radius 2 is 2.00 bits per heavy atom. The second-order valence-corrected chi connectivity index (χ2v) is 5.84. The van der Waals surface area contributed by atoms with Gasteiger partial charge in [-0.3, -0.25) is 9.59 Å². The van der Waals surface area contributed by atoms with Crippen LogP contribution in [0, 0.1) is 0 Å². The van der Waals surface area contributed by atoms with Gasteiger partial charge in [0.15, 0.2) is 0 Å². The molecule has 1 rings (SSSR count). The molecule has 0 aliphatic heterocycles. The van der Waals surface area contributed by atoms with E-state index in [1.54, 1.807) is 18.2 Å². The number of carbonyl (C=O) groups excluding carboxylic acids is 2. The van der Waals surface area contributed by atoms with Crippen LogP contribution in [0.3, 0.4) is 0 Å². The summed E-state index contributed by atoms with van der Waals surface area (Å²) >= 11 is 0. The molecule has 0 heterocycles. The van der Waals surface area contributed by atoms with Crippen LogP contribution in [0.25, 0.3) is 6.08 Å². The second kappa shape index (κ2) is 7.47. The van der Waals surface area contributed by atoms with Gasteiger partial charge in [0.1, 0.15) is 0 Å². The molecule has 0 saturated heterocycles. The van der Waals surface area contributed by atoms with Crippen molar-refractivity contribution < 1.29 is 9.59 Å². The van der Waals surface area contributed by atoms with Crippen LogP contribution in [0.1, 0.15) is 32.8 Å². The Hall–Kier alpha value is -2.30. The summed E-state index contributed by atoms with van der Waals surface area (Å²) in [4.78, 5) is 23.2. The molecule has 0 radical (unpaired) electrons. The summed E-state index contributed by atoms with van der Waals surface area (Å²) < 4.78 is 0. The SMILES string of the molecule is CC(C)(C)NC(=O)CCNC(=O)/C=C/c1cccc(N)c1.